The van der Waals surface area contributed by atoms with Crippen molar-refractivity contribution >= 4 is 33.2 Å². The van der Waals surface area contributed by atoms with Crippen molar-refractivity contribution in [1.82, 2.24) is 0 Å². The van der Waals surface area contributed by atoms with Crippen LogP contribution in [0.1, 0.15) is 43.9 Å². The van der Waals surface area contributed by atoms with Gasteiger partial charge in [-0.2, -0.15) is 0 Å². The fourth-order valence-corrected chi connectivity index (χ4v) is 2.89. The third kappa shape index (κ3) is 3.77. The predicted octanol–water partition coefficient (Wildman–Crippen LogP) is 6.40. The second-order valence-electron chi connectivity index (χ2n) is 5.31. The van der Waals surface area contributed by atoms with Crippen molar-refractivity contribution in [3.05, 3.63) is 63.1 Å². The Balaban J connectivity index is 2.13. The molecule has 2 rings (SSSR count). The molecule has 0 radical (unpaired) electrons. The number of anilines is 1. The maximum atomic E-state index is 5.96. The fraction of sp³-hybridized carbons (Fsp3) is 0.294. The van der Waals surface area contributed by atoms with E-state index >= 15 is 0 Å². The molecule has 0 fully saturated rings. The largest absolute Gasteiger partial charge is 0.378 e. The minimum Gasteiger partial charge on any atom is -0.378 e. The smallest absolute Gasteiger partial charge is 0.0490 e. The lowest BCUT2D eigenvalue weighted by atomic mass is 9.99. The van der Waals surface area contributed by atoms with Crippen LogP contribution in [0, 0.1) is 0 Å². The van der Waals surface area contributed by atoms with Crippen molar-refractivity contribution in [2.45, 2.75) is 32.7 Å². The minimum absolute atomic E-state index is 0.244. The van der Waals surface area contributed by atoms with Crippen LogP contribution >= 0.6 is 27.5 Å². The quantitative estimate of drug-likeness (QED) is 0.671. The number of benzene rings is 2. The fourth-order valence-electron chi connectivity index (χ4n) is 2.09. The Morgan fingerprint density at radius 2 is 1.55 bits per heavy atom. The van der Waals surface area contributed by atoms with Crippen molar-refractivity contribution in [3.63, 3.8) is 0 Å². The average molecular weight is 353 g/mol. The molecule has 0 bridgehead atoms. The Labute approximate surface area is 134 Å². The van der Waals surface area contributed by atoms with Crippen LogP contribution in [0.3, 0.4) is 0 Å². The molecule has 0 heterocycles. The summed E-state index contributed by atoms with van der Waals surface area (Å²) in [6, 6.07) is 14.8. The highest BCUT2D eigenvalue weighted by atomic mass is 79.9. The normalized spacial score (nSPS) is 12.5. The van der Waals surface area contributed by atoms with Crippen LogP contribution < -0.4 is 5.32 Å². The second-order valence-corrected chi connectivity index (χ2v) is 6.60. The van der Waals surface area contributed by atoms with Gasteiger partial charge in [-0.15, -0.1) is 0 Å². The monoisotopic (exact) mass is 351 g/mol. The summed E-state index contributed by atoms with van der Waals surface area (Å²) in [4.78, 5) is 0. The number of nitrogens with one attached hydrogen (secondary N) is 1. The molecule has 0 aromatic heterocycles. The van der Waals surface area contributed by atoms with Gasteiger partial charge in [-0.25, -0.2) is 0 Å². The number of hydrogen-bond donors (Lipinski definition) is 1. The first-order valence-corrected chi connectivity index (χ1v) is 7.96. The summed E-state index contributed by atoms with van der Waals surface area (Å²) >= 11 is 9.49. The summed E-state index contributed by atoms with van der Waals surface area (Å²) < 4.78 is 0.982. The molecule has 0 aliphatic rings. The van der Waals surface area contributed by atoms with Gasteiger partial charge < -0.3 is 5.32 Å². The molecule has 0 aliphatic heterocycles. The lowest BCUT2D eigenvalue weighted by Crippen LogP contribution is -2.07. The van der Waals surface area contributed by atoms with E-state index in [-0.39, 0.29) is 6.04 Å². The van der Waals surface area contributed by atoms with Crippen LogP contribution in [-0.4, -0.2) is 0 Å². The molecule has 1 atom stereocenters. The third-order valence-corrected chi connectivity index (χ3v) is 4.30. The van der Waals surface area contributed by atoms with Crippen LogP contribution in [0.5, 0.6) is 0 Å². The van der Waals surface area contributed by atoms with E-state index in [0.29, 0.717) is 5.92 Å². The van der Waals surface area contributed by atoms with E-state index in [1.165, 1.54) is 11.1 Å². The lowest BCUT2D eigenvalue weighted by Gasteiger charge is -2.18. The van der Waals surface area contributed by atoms with E-state index in [4.69, 9.17) is 11.6 Å². The zero-order valence-electron chi connectivity index (χ0n) is 12.0. The minimum atomic E-state index is 0.244. The van der Waals surface area contributed by atoms with Crippen LogP contribution in [-0.2, 0) is 0 Å². The second kappa shape index (κ2) is 6.64. The topological polar surface area (TPSA) is 12.0 Å². The SMILES string of the molecule is CC(C)c1ccc(C(C)Nc2ccc(Cl)cc2Br)cc1. The maximum absolute atomic E-state index is 5.96. The summed E-state index contributed by atoms with van der Waals surface area (Å²) in [5.41, 5.74) is 3.69. The molecule has 106 valence electrons. The van der Waals surface area contributed by atoms with Crippen LogP contribution in [0.15, 0.2) is 46.9 Å². The summed E-state index contributed by atoms with van der Waals surface area (Å²) in [6.45, 7) is 6.58. The third-order valence-electron chi connectivity index (χ3n) is 3.41. The van der Waals surface area contributed by atoms with Gasteiger partial charge in [-0.1, -0.05) is 49.7 Å². The molecule has 20 heavy (non-hydrogen) atoms. The molecular weight excluding hydrogens is 334 g/mol. The summed E-state index contributed by atoms with van der Waals surface area (Å²) in [6.07, 6.45) is 0. The molecule has 2 aromatic rings. The number of rotatable bonds is 4. The van der Waals surface area contributed by atoms with Gasteiger partial charge in [0, 0.05) is 21.2 Å². The van der Waals surface area contributed by atoms with E-state index in [1.807, 2.05) is 18.2 Å². The number of halogens is 2. The van der Waals surface area contributed by atoms with Crippen molar-refractivity contribution in [2.24, 2.45) is 0 Å². The number of hydrogen-bond acceptors (Lipinski definition) is 1. The molecule has 0 saturated carbocycles. The van der Waals surface area contributed by atoms with Crippen molar-refractivity contribution in [2.75, 3.05) is 5.32 Å². The molecule has 1 nitrogen and oxygen atoms in total. The summed E-state index contributed by atoms with van der Waals surface area (Å²) in [5.74, 6) is 0.567. The van der Waals surface area contributed by atoms with Gasteiger partial charge in [0.1, 0.15) is 0 Å². The van der Waals surface area contributed by atoms with Gasteiger partial charge in [-0.05, 0) is 58.1 Å². The molecule has 1 unspecified atom stereocenters. The van der Waals surface area contributed by atoms with Crippen molar-refractivity contribution < 1.29 is 0 Å². The van der Waals surface area contributed by atoms with Crippen LogP contribution in [0.4, 0.5) is 5.69 Å². The van der Waals surface area contributed by atoms with Gasteiger partial charge in [-0.3, -0.25) is 0 Å². The molecule has 0 saturated heterocycles. The zero-order chi connectivity index (χ0) is 14.7. The Hall–Kier alpha value is -0.990. The van der Waals surface area contributed by atoms with E-state index < -0.39 is 0 Å². The van der Waals surface area contributed by atoms with Gasteiger partial charge >= 0.3 is 0 Å². The Morgan fingerprint density at radius 1 is 0.950 bits per heavy atom. The first kappa shape index (κ1) is 15.4. The van der Waals surface area contributed by atoms with Gasteiger partial charge in [0.2, 0.25) is 0 Å². The highest BCUT2D eigenvalue weighted by Crippen LogP contribution is 2.29. The predicted molar refractivity (Wildman–Crippen MR) is 91.7 cm³/mol. The van der Waals surface area contributed by atoms with Crippen molar-refractivity contribution in [1.29, 1.82) is 0 Å². The molecule has 0 aliphatic carbocycles. The standard InChI is InChI=1S/C17H19BrClN/c1-11(2)13-4-6-14(7-5-13)12(3)20-17-9-8-15(19)10-16(17)18/h4-12,20H,1-3H3. The maximum Gasteiger partial charge on any atom is 0.0490 e. The molecule has 3 heteroatoms. The molecule has 0 spiro atoms. The van der Waals surface area contributed by atoms with Gasteiger partial charge in [0.05, 0.1) is 0 Å². The highest BCUT2D eigenvalue weighted by molar-refractivity contribution is 9.10. The van der Waals surface area contributed by atoms with Gasteiger partial charge in [0.25, 0.3) is 0 Å². The molecule has 2 aromatic carbocycles. The average Bonchev–Trinajstić information content (AvgIpc) is 2.42. The van der Waals surface area contributed by atoms with E-state index in [9.17, 15) is 0 Å². The van der Waals surface area contributed by atoms with E-state index in [2.05, 4.69) is 66.3 Å². The molecule has 1 N–H and O–H groups in total. The van der Waals surface area contributed by atoms with Crippen LogP contribution in [0.25, 0.3) is 0 Å². The van der Waals surface area contributed by atoms with E-state index in [0.717, 1.165) is 15.2 Å². The first-order valence-electron chi connectivity index (χ1n) is 6.79. The molecular formula is C17H19BrClN. The van der Waals surface area contributed by atoms with Crippen molar-refractivity contribution in [3.8, 4) is 0 Å². The summed E-state index contributed by atoms with van der Waals surface area (Å²) in [7, 11) is 0. The van der Waals surface area contributed by atoms with Gasteiger partial charge in [0.15, 0.2) is 0 Å². The Morgan fingerprint density at radius 3 is 2.10 bits per heavy atom. The molecule has 0 amide bonds. The highest BCUT2D eigenvalue weighted by Gasteiger charge is 2.08. The Kier molecular flexibility index (Phi) is 5.11. The lowest BCUT2D eigenvalue weighted by molar-refractivity contribution is 0.852. The first-order chi connectivity index (χ1) is 9.47. The zero-order valence-corrected chi connectivity index (χ0v) is 14.3. The summed E-state index contributed by atoms with van der Waals surface area (Å²) in [5, 5.41) is 4.23. The van der Waals surface area contributed by atoms with E-state index in [1.54, 1.807) is 0 Å². The Bertz CT molecular complexity index is 578. The van der Waals surface area contributed by atoms with Crippen LogP contribution in [0.2, 0.25) is 5.02 Å².